The van der Waals surface area contributed by atoms with E-state index in [9.17, 15) is 10.5 Å². The van der Waals surface area contributed by atoms with Gasteiger partial charge in [0.25, 0.3) is 0 Å². The summed E-state index contributed by atoms with van der Waals surface area (Å²) >= 11 is 0. The molecular weight excluding hydrogens is 306 g/mol. The van der Waals surface area contributed by atoms with Crippen LogP contribution >= 0.6 is 0 Å². The van der Waals surface area contributed by atoms with Gasteiger partial charge in [-0.25, -0.2) is 0 Å². The van der Waals surface area contributed by atoms with Gasteiger partial charge >= 0.3 is 0 Å². The first-order chi connectivity index (χ1) is 12.2. The van der Waals surface area contributed by atoms with Crippen molar-refractivity contribution in [3.05, 3.63) is 59.7 Å². The number of hydrogen-bond acceptors (Lipinski definition) is 3. The quantitative estimate of drug-likeness (QED) is 0.629. The zero-order valence-electron chi connectivity index (χ0n) is 15.1. The third kappa shape index (κ3) is 3.79. The van der Waals surface area contributed by atoms with Crippen molar-refractivity contribution in [3.63, 3.8) is 0 Å². The van der Waals surface area contributed by atoms with Crippen LogP contribution in [0, 0.1) is 22.7 Å². The van der Waals surface area contributed by atoms with E-state index < -0.39 is 0 Å². The summed E-state index contributed by atoms with van der Waals surface area (Å²) in [5.41, 5.74) is 1.28. The second kappa shape index (κ2) is 8.83. The first-order valence-electron chi connectivity index (χ1n) is 8.67. The molecule has 0 saturated carbocycles. The molecule has 3 heteroatoms. The normalized spacial score (nSPS) is 10.2. The average Bonchev–Trinajstić information content (AvgIpc) is 2.68. The smallest absolute Gasteiger partial charge is 0.100 e. The minimum absolute atomic E-state index is 0.639. The van der Waals surface area contributed by atoms with Gasteiger partial charge in [-0.05, 0) is 19.6 Å². The molecule has 0 saturated heterocycles. The molecule has 0 aliphatic heterocycles. The number of nitriles is 2. The Balaban J connectivity index is 0.000000277. The Hall–Kier alpha value is -2.88. The highest BCUT2D eigenvalue weighted by molar-refractivity contribution is 6.09. The largest absolute Gasteiger partial charge is 0.304 e. The summed E-state index contributed by atoms with van der Waals surface area (Å²) in [5.74, 6) is 0. The molecule has 0 heterocycles. The molecule has 0 spiro atoms. The van der Waals surface area contributed by atoms with Crippen LogP contribution in [-0.4, -0.2) is 24.5 Å². The van der Waals surface area contributed by atoms with Gasteiger partial charge in [0.05, 0.1) is 11.1 Å². The van der Waals surface area contributed by atoms with E-state index in [-0.39, 0.29) is 0 Å². The van der Waals surface area contributed by atoms with Crippen LogP contribution in [0.15, 0.2) is 48.5 Å². The average molecular weight is 329 g/mol. The Bertz CT molecular complexity index is 807. The Kier molecular flexibility index (Phi) is 6.52. The number of hydrogen-bond donors (Lipinski definition) is 0. The van der Waals surface area contributed by atoms with Crippen molar-refractivity contribution in [3.8, 4) is 12.1 Å². The maximum atomic E-state index is 9.36. The lowest BCUT2D eigenvalue weighted by Gasteiger charge is -2.13. The zero-order chi connectivity index (χ0) is 18.2. The van der Waals surface area contributed by atoms with Gasteiger partial charge in [0.15, 0.2) is 0 Å². The third-order valence-electron chi connectivity index (χ3n) is 4.50. The van der Waals surface area contributed by atoms with E-state index in [1.807, 2.05) is 48.5 Å². The Labute approximate surface area is 149 Å². The lowest BCUT2D eigenvalue weighted by molar-refractivity contribution is 0.321. The van der Waals surface area contributed by atoms with Gasteiger partial charge < -0.3 is 4.90 Å². The van der Waals surface area contributed by atoms with Gasteiger partial charge in [0.1, 0.15) is 12.1 Å². The summed E-state index contributed by atoms with van der Waals surface area (Å²) in [6.07, 6.45) is 0. The molecule has 0 atom stereocenters. The molecule has 3 rings (SSSR count). The second-order valence-corrected chi connectivity index (χ2v) is 5.68. The van der Waals surface area contributed by atoms with Gasteiger partial charge in [-0.1, -0.05) is 69.3 Å². The van der Waals surface area contributed by atoms with Crippen LogP contribution in [0.25, 0.3) is 21.5 Å². The molecule has 0 unspecified atom stereocenters. The predicted octanol–water partition coefficient (Wildman–Crippen LogP) is 5.08. The van der Waals surface area contributed by atoms with Crippen molar-refractivity contribution in [2.75, 3.05) is 19.6 Å². The summed E-state index contributed by atoms with van der Waals surface area (Å²) in [5, 5.41) is 22.1. The van der Waals surface area contributed by atoms with Crippen LogP contribution in [0.1, 0.15) is 31.9 Å². The van der Waals surface area contributed by atoms with E-state index in [2.05, 4.69) is 37.8 Å². The van der Waals surface area contributed by atoms with Crippen molar-refractivity contribution < 1.29 is 0 Å². The predicted molar refractivity (Wildman–Crippen MR) is 104 cm³/mol. The maximum Gasteiger partial charge on any atom is 0.100 e. The van der Waals surface area contributed by atoms with E-state index in [0.717, 1.165) is 21.5 Å². The molecule has 3 aromatic carbocycles. The van der Waals surface area contributed by atoms with Crippen LogP contribution in [0.5, 0.6) is 0 Å². The van der Waals surface area contributed by atoms with Crippen LogP contribution in [0.4, 0.5) is 0 Å². The number of fused-ring (bicyclic) bond motifs is 2. The second-order valence-electron chi connectivity index (χ2n) is 5.68. The lowest BCUT2D eigenvalue weighted by Crippen LogP contribution is -2.21. The SMILES string of the molecule is CCN(CC)CC.N#Cc1c2ccccc2c(C#N)c2ccccc12. The molecular formula is C22H23N3. The first-order valence-corrected chi connectivity index (χ1v) is 8.67. The molecule has 0 aliphatic carbocycles. The monoisotopic (exact) mass is 329 g/mol. The van der Waals surface area contributed by atoms with E-state index in [0.29, 0.717) is 11.1 Å². The van der Waals surface area contributed by atoms with Gasteiger partial charge in [-0.15, -0.1) is 0 Å². The van der Waals surface area contributed by atoms with Crippen molar-refractivity contribution in [2.45, 2.75) is 20.8 Å². The fraction of sp³-hybridized carbons (Fsp3) is 0.273. The van der Waals surface area contributed by atoms with Gasteiger partial charge in [-0.3, -0.25) is 0 Å². The minimum atomic E-state index is 0.639. The molecule has 0 radical (unpaired) electrons. The molecule has 126 valence electrons. The van der Waals surface area contributed by atoms with Crippen molar-refractivity contribution in [2.24, 2.45) is 0 Å². The van der Waals surface area contributed by atoms with E-state index in [1.54, 1.807) is 0 Å². The van der Waals surface area contributed by atoms with Crippen molar-refractivity contribution in [1.82, 2.24) is 4.90 Å². The highest BCUT2D eigenvalue weighted by Gasteiger charge is 2.12. The fourth-order valence-electron chi connectivity index (χ4n) is 3.04. The molecule has 0 bridgehead atoms. The summed E-state index contributed by atoms with van der Waals surface area (Å²) in [6, 6.07) is 19.6. The molecule has 0 fully saturated rings. The van der Waals surface area contributed by atoms with Gasteiger partial charge in [0, 0.05) is 21.5 Å². The van der Waals surface area contributed by atoms with Crippen LogP contribution < -0.4 is 0 Å². The fourth-order valence-corrected chi connectivity index (χ4v) is 3.04. The third-order valence-corrected chi connectivity index (χ3v) is 4.50. The van der Waals surface area contributed by atoms with Crippen LogP contribution in [0.3, 0.4) is 0 Å². The summed E-state index contributed by atoms with van der Waals surface area (Å²) < 4.78 is 0. The number of benzene rings is 3. The molecule has 0 N–H and O–H groups in total. The summed E-state index contributed by atoms with van der Waals surface area (Å²) in [4.78, 5) is 2.38. The molecule has 0 amide bonds. The van der Waals surface area contributed by atoms with Gasteiger partial charge in [0.2, 0.25) is 0 Å². The van der Waals surface area contributed by atoms with Crippen LogP contribution in [-0.2, 0) is 0 Å². The zero-order valence-corrected chi connectivity index (χ0v) is 15.1. The molecule has 3 aromatic rings. The molecule has 3 nitrogen and oxygen atoms in total. The standard InChI is InChI=1S/C16H8N2.C6H15N/c17-9-15-11-5-1-2-6-12(11)16(10-18)14-8-4-3-7-13(14)15;1-4-7(5-2)6-3/h1-8H;4-6H2,1-3H3. The Morgan fingerprint density at radius 2 is 0.920 bits per heavy atom. The maximum absolute atomic E-state index is 9.36. The van der Waals surface area contributed by atoms with E-state index in [1.165, 1.54) is 19.6 Å². The molecule has 25 heavy (non-hydrogen) atoms. The van der Waals surface area contributed by atoms with Crippen molar-refractivity contribution in [1.29, 1.82) is 10.5 Å². The Morgan fingerprint density at radius 3 is 1.08 bits per heavy atom. The number of nitrogens with zero attached hydrogens (tertiary/aromatic N) is 3. The molecule has 0 aromatic heterocycles. The molecule has 0 aliphatic rings. The van der Waals surface area contributed by atoms with Crippen LogP contribution in [0.2, 0.25) is 0 Å². The van der Waals surface area contributed by atoms with Crippen molar-refractivity contribution >= 4 is 21.5 Å². The van der Waals surface area contributed by atoms with E-state index in [4.69, 9.17) is 0 Å². The van der Waals surface area contributed by atoms with Gasteiger partial charge in [-0.2, -0.15) is 10.5 Å². The lowest BCUT2D eigenvalue weighted by atomic mass is 9.93. The number of rotatable bonds is 3. The highest BCUT2D eigenvalue weighted by Crippen LogP contribution is 2.31. The highest BCUT2D eigenvalue weighted by atomic mass is 15.1. The summed E-state index contributed by atoms with van der Waals surface area (Å²) in [7, 11) is 0. The van der Waals surface area contributed by atoms with E-state index >= 15 is 0 Å². The topological polar surface area (TPSA) is 50.8 Å². The first kappa shape index (κ1) is 18.5. The Morgan fingerprint density at radius 1 is 0.640 bits per heavy atom. The summed E-state index contributed by atoms with van der Waals surface area (Å²) in [6.45, 7) is 10.1. The minimum Gasteiger partial charge on any atom is -0.304 e.